The number of H-pyrrole nitrogens is 1. The molecule has 258 valence electrons. The molecule has 0 aromatic carbocycles. The lowest BCUT2D eigenvalue weighted by molar-refractivity contribution is -0.247. The number of phosphoric ester groups is 2. The summed E-state index contributed by atoms with van der Waals surface area (Å²) in [6, 6.07) is 1.33. The molecular formula is C22H31N3O18P2S. The number of aliphatic hydroxyl groups is 6. The molecule has 0 spiro atoms. The van der Waals surface area contributed by atoms with Crippen LogP contribution in [0.1, 0.15) is 18.0 Å². The number of ether oxygens (including phenoxy) is 2. The van der Waals surface area contributed by atoms with Crippen LogP contribution in [0.4, 0.5) is 0 Å². The second-order valence-electron chi connectivity index (χ2n) is 10.0. The van der Waals surface area contributed by atoms with Crippen molar-refractivity contribution in [3.8, 4) is 10.4 Å². The first-order valence-corrected chi connectivity index (χ1v) is 16.9. The van der Waals surface area contributed by atoms with Crippen molar-refractivity contribution in [1.82, 2.24) is 14.9 Å². The second-order valence-corrected chi connectivity index (χ2v) is 14.2. The first-order chi connectivity index (χ1) is 21.5. The molecular weight excluding hydrogens is 688 g/mol. The Bertz CT molecular complexity index is 1610. The zero-order valence-corrected chi connectivity index (χ0v) is 26.1. The Morgan fingerprint density at radius 2 is 1.70 bits per heavy atom. The quantitative estimate of drug-likeness (QED) is 0.0954. The monoisotopic (exact) mass is 719 g/mol. The summed E-state index contributed by atoms with van der Waals surface area (Å²) in [4.78, 5) is 59.6. The molecule has 2 unspecified atom stereocenters. The highest BCUT2D eigenvalue weighted by Gasteiger charge is 2.50. The number of aliphatic hydroxyl groups excluding tert-OH is 6. The average Bonchev–Trinajstić information content (AvgIpc) is 3.55. The molecule has 0 saturated carbocycles. The van der Waals surface area contributed by atoms with E-state index in [0.717, 1.165) is 29.0 Å². The zero-order valence-electron chi connectivity index (χ0n) is 23.5. The van der Waals surface area contributed by atoms with Gasteiger partial charge >= 0.3 is 21.3 Å². The molecule has 0 bridgehead atoms. The number of rotatable bonds is 12. The number of amides is 1. The minimum absolute atomic E-state index is 0.0451. The normalized spacial score (nSPS) is 32.5. The maximum Gasteiger partial charge on any atom is 0.483 e. The van der Waals surface area contributed by atoms with Crippen LogP contribution < -0.4 is 16.6 Å². The Hall–Kier alpha value is -2.21. The third-order valence-corrected chi connectivity index (χ3v) is 10.5. The minimum atomic E-state index is -5.68. The fraction of sp³-hybridized carbons (Fsp3) is 0.591. The molecule has 2 saturated heterocycles. The van der Waals surface area contributed by atoms with Gasteiger partial charge in [0.2, 0.25) is 5.91 Å². The molecule has 11 atom stereocenters. The molecule has 24 heteroatoms. The molecule has 0 aliphatic carbocycles. The highest BCUT2D eigenvalue weighted by Crippen LogP contribution is 2.61. The number of nitrogens with one attached hydrogen (secondary N) is 2. The van der Waals surface area contributed by atoms with E-state index in [2.05, 4.69) is 14.2 Å². The second kappa shape index (κ2) is 14.5. The van der Waals surface area contributed by atoms with Gasteiger partial charge in [-0.15, -0.1) is 11.3 Å². The van der Waals surface area contributed by atoms with E-state index in [4.69, 9.17) is 14.0 Å². The molecule has 2 aromatic heterocycles. The standard InChI is InChI=1S/C22H31N3O18P2S/c1-8(28)23-14-17(31)15(29)11(6-27)41-21(14)42-45(37,38)43-44(35,36)39-7-12-16(30)18(32)20(40-12)25-4-10(19(33)24-22(25)34)13-3-2-9(5-26)46-13/h2-4,11-12,14-18,20-21,26-27,29-32H,5-7H2,1H3,(H,23,28)(H,35,36)(H,37,38)(H,24,33,34)/t11-,12-,14-,15+,16-,17-,18-,20-,21-/m1/s1. The number of nitrogens with zero attached hydrogens (tertiary/aromatic N) is 1. The van der Waals surface area contributed by atoms with Gasteiger partial charge in [0.05, 0.1) is 25.4 Å². The first kappa shape index (κ1) is 36.6. The van der Waals surface area contributed by atoms with Crippen LogP contribution >= 0.6 is 27.0 Å². The number of hydrogen-bond donors (Lipinski definition) is 10. The van der Waals surface area contributed by atoms with Gasteiger partial charge in [-0.25, -0.2) is 13.9 Å². The van der Waals surface area contributed by atoms with E-state index in [9.17, 15) is 63.9 Å². The third kappa shape index (κ3) is 8.25. The van der Waals surface area contributed by atoms with Gasteiger partial charge in [-0.1, -0.05) is 0 Å². The van der Waals surface area contributed by atoms with Crippen molar-refractivity contribution >= 4 is 32.9 Å². The molecule has 2 aliphatic rings. The highest BCUT2D eigenvalue weighted by molar-refractivity contribution is 7.61. The topological polar surface area (TPSA) is 326 Å². The summed E-state index contributed by atoms with van der Waals surface area (Å²) in [6.45, 7) is -1.31. The number of carbonyl (C=O) groups excluding carboxylic acids is 1. The van der Waals surface area contributed by atoms with Crippen LogP contribution in [0, 0.1) is 0 Å². The summed E-state index contributed by atoms with van der Waals surface area (Å²) in [7, 11) is -11.3. The Balaban J connectivity index is 1.44. The smallest absolute Gasteiger partial charge is 0.394 e. The lowest BCUT2D eigenvalue weighted by Crippen LogP contribution is -2.64. The molecule has 2 aromatic rings. The van der Waals surface area contributed by atoms with E-state index in [-0.39, 0.29) is 12.2 Å². The van der Waals surface area contributed by atoms with Crippen molar-refractivity contribution in [3.63, 3.8) is 0 Å². The van der Waals surface area contributed by atoms with Crippen LogP contribution in [0.15, 0.2) is 27.9 Å². The average molecular weight is 720 g/mol. The number of thiophene rings is 1. The van der Waals surface area contributed by atoms with Gasteiger partial charge in [0, 0.05) is 22.9 Å². The van der Waals surface area contributed by atoms with Gasteiger partial charge in [0.25, 0.3) is 5.56 Å². The predicted molar refractivity (Wildman–Crippen MR) is 150 cm³/mol. The van der Waals surface area contributed by atoms with Crippen molar-refractivity contribution in [2.24, 2.45) is 0 Å². The summed E-state index contributed by atoms with van der Waals surface area (Å²) in [6.07, 6.45) is -13.4. The van der Waals surface area contributed by atoms with E-state index in [0.29, 0.717) is 9.75 Å². The van der Waals surface area contributed by atoms with Crippen LogP contribution in [-0.4, -0.2) is 118 Å². The molecule has 21 nitrogen and oxygen atoms in total. The number of carbonyl (C=O) groups is 1. The molecule has 10 N–H and O–H groups in total. The van der Waals surface area contributed by atoms with E-state index < -0.39 is 101 Å². The summed E-state index contributed by atoms with van der Waals surface area (Å²) in [5.74, 6) is -0.806. The maximum absolute atomic E-state index is 12.6. The van der Waals surface area contributed by atoms with Crippen LogP contribution in [-0.2, 0) is 43.4 Å². The van der Waals surface area contributed by atoms with E-state index >= 15 is 0 Å². The SMILES string of the molecule is CC(=O)N[C@H]1[C@@H](OP(=O)(O)OP(=O)(O)OC[C@H]2O[C@@H](n3cc(-c4ccc(CO)s4)c(=O)[nH]c3=O)[C@H](O)[C@@H]2O)O[C@H](CO)[C@H](O)[C@@H]1O. The lowest BCUT2D eigenvalue weighted by atomic mass is 9.97. The lowest BCUT2D eigenvalue weighted by Gasteiger charge is -2.42. The van der Waals surface area contributed by atoms with E-state index in [1.54, 1.807) is 6.07 Å². The Kier molecular flexibility index (Phi) is 11.5. The van der Waals surface area contributed by atoms with Gasteiger partial charge in [0.15, 0.2) is 12.5 Å². The molecule has 4 rings (SSSR count). The molecule has 2 aliphatic heterocycles. The van der Waals surface area contributed by atoms with Gasteiger partial charge in [-0.05, 0) is 12.1 Å². The van der Waals surface area contributed by atoms with Crippen LogP contribution in [0.25, 0.3) is 10.4 Å². The third-order valence-electron chi connectivity index (χ3n) is 6.76. The summed E-state index contributed by atoms with van der Waals surface area (Å²) >= 11 is 1.04. The van der Waals surface area contributed by atoms with Crippen molar-refractivity contribution in [2.45, 2.75) is 68.7 Å². The summed E-state index contributed by atoms with van der Waals surface area (Å²) < 4.78 is 50.0. The Labute approximate surface area is 261 Å². The van der Waals surface area contributed by atoms with Crippen molar-refractivity contribution in [3.05, 3.63) is 44.0 Å². The fourth-order valence-electron chi connectivity index (χ4n) is 4.59. The Morgan fingerprint density at radius 1 is 1.02 bits per heavy atom. The molecule has 0 radical (unpaired) electrons. The Morgan fingerprint density at radius 3 is 2.30 bits per heavy atom. The van der Waals surface area contributed by atoms with Gasteiger partial charge < -0.3 is 55.2 Å². The summed E-state index contributed by atoms with van der Waals surface area (Å²) in [5.41, 5.74) is -1.89. The summed E-state index contributed by atoms with van der Waals surface area (Å²) in [5, 5.41) is 62.1. The molecule has 2 fully saturated rings. The predicted octanol–water partition coefficient (Wildman–Crippen LogP) is -3.43. The highest BCUT2D eigenvalue weighted by atomic mass is 32.1. The van der Waals surface area contributed by atoms with Crippen molar-refractivity contribution in [2.75, 3.05) is 13.2 Å². The molecule has 4 heterocycles. The first-order valence-electron chi connectivity index (χ1n) is 13.1. The zero-order chi connectivity index (χ0) is 34.1. The van der Waals surface area contributed by atoms with E-state index in [1.807, 2.05) is 4.98 Å². The van der Waals surface area contributed by atoms with Gasteiger partial charge in [0.1, 0.15) is 42.7 Å². The van der Waals surface area contributed by atoms with Crippen molar-refractivity contribution < 1.29 is 77.2 Å². The number of aromatic nitrogens is 2. The van der Waals surface area contributed by atoms with Gasteiger partial charge in [-0.2, -0.15) is 4.31 Å². The van der Waals surface area contributed by atoms with Crippen LogP contribution in [0.5, 0.6) is 0 Å². The molecule has 46 heavy (non-hydrogen) atoms. The number of aromatic amines is 1. The van der Waals surface area contributed by atoms with Crippen LogP contribution in [0.3, 0.4) is 0 Å². The van der Waals surface area contributed by atoms with Crippen LogP contribution in [0.2, 0.25) is 0 Å². The minimum Gasteiger partial charge on any atom is -0.394 e. The van der Waals surface area contributed by atoms with Crippen molar-refractivity contribution in [1.29, 1.82) is 0 Å². The number of phosphoric acid groups is 2. The molecule has 1 amide bonds. The fourth-order valence-corrected chi connectivity index (χ4v) is 7.63. The maximum atomic E-state index is 12.6. The largest absolute Gasteiger partial charge is 0.483 e. The van der Waals surface area contributed by atoms with Gasteiger partial charge in [-0.3, -0.25) is 28.2 Å². The number of hydrogen-bond acceptors (Lipinski definition) is 17. The van der Waals surface area contributed by atoms with E-state index in [1.165, 1.54) is 6.07 Å².